The predicted octanol–water partition coefficient (Wildman–Crippen LogP) is 3.30. The first-order chi connectivity index (χ1) is 9.47. The highest BCUT2D eigenvalue weighted by atomic mass is 16.4. The molecule has 0 aliphatic heterocycles. The predicted molar refractivity (Wildman–Crippen MR) is 78.0 cm³/mol. The van der Waals surface area contributed by atoms with E-state index in [9.17, 15) is 9.59 Å². The molecule has 0 radical (unpaired) electrons. The van der Waals surface area contributed by atoms with Crippen LogP contribution in [-0.2, 0) is 4.79 Å². The molecule has 0 saturated carbocycles. The second kappa shape index (κ2) is 5.90. The first-order valence-corrected chi connectivity index (χ1v) is 6.78. The largest absolute Gasteiger partial charge is 0.478 e. The molecular weight excluding hydrogens is 254 g/mol. The molecule has 20 heavy (non-hydrogen) atoms. The molecule has 1 aromatic rings. The molecule has 4 nitrogen and oxygen atoms in total. The van der Waals surface area contributed by atoms with Crippen LogP contribution in [0.4, 0.5) is 5.69 Å². The van der Waals surface area contributed by atoms with E-state index in [2.05, 4.69) is 17.5 Å². The first kappa shape index (κ1) is 14.3. The maximum Gasteiger partial charge on any atom is 0.336 e. The number of carboxylic acid groups (broad SMARTS) is 1. The monoisotopic (exact) mass is 273 g/mol. The molecule has 0 aromatic heterocycles. The SMILES string of the molecule is Cc1cc(NC(=O)CC2C=CCC2)cc(C(=O)O)c1C. The van der Waals surface area contributed by atoms with Gasteiger partial charge in [0.2, 0.25) is 5.91 Å². The zero-order valence-electron chi connectivity index (χ0n) is 11.8. The Morgan fingerprint density at radius 1 is 1.35 bits per heavy atom. The summed E-state index contributed by atoms with van der Waals surface area (Å²) in [6, 6.07) is 3.33. The Kier molecular flexibility index (Phi) is 4.23. The van der Waals surface area contributed by atoms with Crippen LogP contribution in [0.1, 0.15) is 40.7 Å². The molecule has 1 amide bonds. The summed E-state index contributed by atoms with van der Waals surface area (Å²) in [5.74, 6) is -0.734. The van der Waals surface area contributed by atoms with Gasteiger partial charge in [-0.25, -0.2) is 4.79 Å². The summed E-state index contributed by atoms with van der Waals surface area (Å²) < 4.78 is 0. The van der Waals surface area contributed by atoms with Crippen LogP contribution < -0.4 is 5.32 Å². The average molecular weight is 273 g/mol. The summed E-state index contributed by atoms with van der Waals surface area (Å²) in [7, 11) is 0. The van der Waals surface area contributed by atoms with Crippen molar-refractivity contribution in [2.45, 2.75) is 33.1 Å². The van der Waals surface area contributed by atoms with Crippen molar-refractivity contribution in [3.8, 4) is 0 Å². The van der Waals surface area contributed by atoms with Crippen LogP contribution >= 0.6 is 0 Å². The number of nitrogens with one attached hydrogen (secondary N) is 1. The number of aryl methyl sites for hydroxylation is 1. The number of hydrogen-bond acceptors (Lipinski definition) is 2. The maximum absolute atomic E-state index is 12.0. The van der Waals surface area contributed by atoms with Crippen molar-refractivity contribution in [3.63, 3.8) is 0 Å². The normalized spacial score (nSPS) is 17.2. The van der Waals surface area contributed by atoms with Crippen LogP contribution in [0, 0.1) is 19.8 Å². The number of benzene rings is 1. The lowest BCUT2D eigenvalue weighted by molar-refractivity contribution is -0.116. The van der Waals surface area contributed by atoms with Crippen LogP contribution in [0.3, 0.4) is 0 Å². The first-order valence-electron chi connectivity index (χ1n) is 6.78. The summed E-state index contributed by atoms with van der Waals surface area (Å²) in [4.78, 5) is 23.1. The number of rotatable bonds is 4. The molecular formula is C16H19NO3. The van der Waals surface area contributed by atoms with Gasteiger partial charge in [0.1, 0.15) is 0 Å². The number of anilines is 1. The zero-order valence-corrected chi connectivity index (χ0v) is 11.8. The van der Waals surface area contributed by atoms with Gasteiger partial charge in [0, 0.05) is 12.1 Å². The minimum Gasteiger partial charge on any atom is -0.478 e. The van der Waals surface area contributed by atoms with Gasteiger partial charge in [-0.3, -0.25) is 4.79 Å². The molecule has 1 aliphatic carbocycles. The van der Waals surface area contributed by atoms with Crippen LogP contribution in [0.25, 0.3) is 0 Å². The van der Waals surface area contributed by atoms with Crippen LogP contribution in [0.5, 0.6) is 0 Å². The molecule has 2 N–H and O–H groups in total. The quantitative estimate of drug-likeness (QED) is 0.827. The third-order valence-corrected chi connectivity index (χ3v) is 3.74. The van der Waals surface area contributed by atoms with E-state index in [1.54, 1.807) is 6.92 Å². The highest BCUT2D eigenvalue weighted by molar-refractivity contribution is 5.95. The second-order valence-electron chi connectivity index (χ2n) is 5.29. The van der Waals surface area contributed by atoms with Crippen LogP contribution in [0.15, 0.2) is 24.3 Å². The molecule has 0 bridgehead atoms. The lowest BCUT2D eigenvalue weighted by atomic mass is 10.0. The second-order valence-corrected chi connectivity index (χ2v) is 5.29. The van der Waals surface area contributed by atoms with E-state index >= 15 is 0 Å². The van der Waals surface area contributed by atoms with Crippen molar-refractivity contribution in [2.24, 2.45) is 5.92 Å². The molecule has 0 heterocycles. The van der Waals surface area contributed by atoms with Gasteiger partial charge in [-0.1, -0.05) is 12.2 Å². The van der Waals surface area contributed by atoms with E-state index in [1.165, 1.54) is 6.07 Å². The summed E-state index contributed by atoms with van der Waals surface area (Å²) in [6.45, 7) is 3.62. The summed E-state index contributed by atoms with van der Waals surface area (Å²) in [5, 5.41) is 12.0. The molecule has 0 spiro atoms. The zero-order chi connectivity index (χ0) is 14.7. The summed E-state index contributed by atoms with van der Waals surface area (Å²) in [6.07, 6.45) is 6.66. The van der Waals surface area contributed by atoms with Gasteiger partial charge in [-0.15, -0.1) is 0 Å². The molecule has 106 valence electrons. The Morgan fingerprint density at radius 2 is 2.10 bits per heavy atom. The average Bonchev–Trinajstić information content (AvgIpc) is 2.85. The lowest BCUT2D eigenvalue weighted by Gasteiger charge is -2.12. The summed E-state index contributed by atoms with van der Waals surface area (Å²) >= 11 is 0. The van der Waals surface area contributed by atoms with Gasteiger partial charge in [0.15, 0.2) is 0 Å². The van der Waals surface area contributed by atoms with E-state index in [0.717, 1.165) is 24.0 Å². The van der Waals surface area contributed by atoms with Crippen molar-refractivity contribution in [1.29, 1.82) is 0 Å². The van der Waals surface area contributed by atoms with Crippen molar-refractivity contribution in [3.05, 3.63) is 41.0 Å². The Morgan fingerprint density at radius 3 is 2.70 bits per heavy atom. The Hall–Kier alpha value is -2.10. The van der Waals surface area contributed by atoms with Crippen LogP contribution in [-0.4, -0.2) is 17.0 Å². The number of carboxylic acids is 1. The molecule has 0 fully saturated rings. The highest BCUT2D eigenvalue weighted by Gasteiger charge is 2.16. The van der Waals surface area contributed by atoms with E-state index in [-0.39, 0.29) is 11.5 Å². The van der Waals surface area contributed by atoms with Crippen molar-refractivity contribution < 1.29 is 14.7 Å². The van der Waals surface area contributed by atoms with Gasteiger partial charge in [-0.05, 0) is 55.9 Å². The number of hydrogen-bond donors (Lipinski definition) is 2. The van der Waals surface area contributed by atoms with E-state index in [4.69, 9.17) is 5.11 Å². The van der Waals surface area contributed by atoms with E-state index in [0.29, 0.717) is 18.0 Å². The molecule has 1 unspecified atom stereocenters. The van der Waals surface area contributed by atoms with Gasteiger partial charge >= 0.3 is 5.97 Å². The van der Waals surface area contributed by atoms with Gasteiger partial charge in [0.05, 0.1) is 5.56 Å². The van der Waals surface area contributed by atoms with Crippen molar-refractivity contribution >= 4 is 17.6 Å². The van der Waals surface area contributed by atoms with E-state index < -0.39 is 5.97 Å². The number of carbonyl (C=O) groups is 2. The summed E-state index contributed by atoms with van der Waals surface area (Å²) in [5.41, 5.74) is 2.38. The Labute approximate surface area is 118 Å². The fourth-order valence-electron chi connectivity index (χ4n) is 2.47. The molecule has 0 saturated heterocycles. The maximum atomic E-state index is 12.0. The van der Waals surface area contributed by atoms with E-state index in [1.807, 2.05) is 13.0 Å². The molecule has 1 aromatic carbocycles. The molecule has 4 heteroatoms. The smallest absolute Gasteiger partial charge is 0.336 e. The highest BCUT2D eigenvalue weighted by Crippen LogP contribution is 2.23. The van der Waals surface area contributed by atoms with Gasteiger partial charge in [-0.2, -0.15) is 0 Å². The minimum absolute atomic E-state index is 0.0684. The van der Waals surface area contributed by atoms with Gasteiger partial charge in [0.25, 0.3) is 0 Å². The van der Waals surface area contributed by atoms with Crippen molar-refractivity contribution in [2.75, 3.05) is 5.32 Å². The number of carbonyl (C=O) groups excluding carboxylic acids is 1. The number of aromatic carboxylic acids is 1. The minimum atomic E-state index is -0.972. The third-order valence-electron chi connectivity index (χ3n) is 3.74. The fraction of sp³-hybridized carbons (Fsp3) is 0.375. The van der Waals surface area contributed by atoms with Crippen molar-refractivity contribution in [1.82, 2.24) is 0 Å². The molecule has 1 atom stereocenters. The topological polar surface area (TPSA) is 66.4 Å². The molecule has 2 rings (SSSR count). The number of allylic oxidation sites excluding steroid dienone is 2. The fourth-order valence-corrected chi connectivity index (χ4v) is 2.47. The molecule has 1 aliphatic rings. The third kappa shape index (κ3) is 3.26. The Bertz CT molecular complexity index is 575. The number of amides is 1. The standard InChI is InChI=1S/C16H19NO3/c1-10-7-13(9-14(11(10)2)16(19)20)17-15(18)8-12-5-3-4-6-12/h3,5,7,9,12H,4,6,8H2,1-2H3,(H,17,18)(H,19,20). The lowest BCUT2D eigenvalue weighted by Crippen LogP contribution is -2.15. The van der Waals surface area contributed by atoms with Gasteiger partial charge < -0.3 is 10.4 Å². The Balaban J connectivity index is 2.10. The van der Waals surface area contributed by atoms with Crippen LogP contribution in [0.2, 0.25) is 0 Å².